The highest BCUT2D eigenvalue weighted by Gasteiger charge is 2.08. The van der Waals surface area contributed by atoms with Gasteiger partial charge in [-0.2, -0.15) is 0 Å². The molecule has 98 valence electrons. The minimum atomic E-state index is -0.104. The zero-order valence-corrected chi connectivity index (χ0v) is 11.1. The molecule has 0 amide bonds. The monoisotopic (exact) mass is 250 g/mol. The van der Waals surface area contributed by atoms with Crippen LogP contribution < -0.4 is 4.74 Å². The van der Waals surface area contributed by atoms with Gasteiger partial charge < -0.3 is 9.47 Å². The minimum Gasteiger partial charge on any atom is -0.467 e. The molecule has 0 aliphatic carbocycles. The standard InChI is InChI=1S/C14H18O4/c1-9(2)17-8-18-14-6-12(10(3)15)5-13(7-14)11(4)16/h5-7,9H,8H2,1-4H3. The van der Waals surface area contributed by atoms with Crippen LogP contribution in [0.1, 0.15) is 48.4 Å². The second kappa shape index (κ2) is 6.31. The second-order valence-corrected chi connectivity index (χ2v) is 4.34. The number of rotatable bonds is 6. The predicted molar refractivity (Wildman–Crippen MR) is 68.2 cm³/mol. The van der Waals surface area contributed by atoms with Gasteiger partial charge in [-0.1, -0.05) is 0 Å². The van der Waals surface area contributed by atoms with E-state index >= 15 is 0 Å². The number of ketones is 2. The third kappa shape index (κ3) is 4.30. The van der Waals surface area contributed by atoms with Gasteiger partial charge in [0.2, 0.25) is 0 Å². The van der Waals surface area contributed by atoms with Crippen LogP contribution in [0.4, 0.5) is 0 Å². The fraction of sp³-hybridized carbons (Fsp3) is 0.429. The van der Waals surface area contributed by atoms with Crippen LogP contribution in [0.5, 0.6) is 5.75 Å². The van der Waals surface area contributed by atoms with E-state index in [9.17, 15) is 9.59 Å². The molecule has 0 aliphatic rings. The van der Waals surface area contributed by atoms with Crippen molar-refractivity contribution in [2.45, 2.75) is 33.8 Å². The maximum absolute atomic E-state index is 11.4. The van der Waals surface area contributed by atoms with Crippen LogP contribution in [-0.2, 0) is 4.74 Å². The molecule has 0 fully saturated rings. The first kappa shape index (κ1) is 14.4. The lowest BCUT2D eigenvalue weighted by atomic mass is 10.1. The molecule has 0 N–H and O–H groups in total. The fourth-order valence-electron chi connectivity index (χ4n) is 1.33. The van der Waals surface area contributed by atoms with Crippen molar-refractivity contribution in [3.05, 3.63) is 29.3 Å². The SMILES string of the molecule is CC(=O)c1cc(OCOC(C)C)cc(C(C)=O)c1. The highest BCUT2D eigenvalue weighted by atomic mass is 16.7. The molecule has 0 atom stereocenters. The molecule has 0 saturated carbocycles. The molecular formula is C14H18O4. The first-order valence-corrected chi connectivity index (χ1v) is 5.81. The summed E-state index contributed by atoms with van der Waals surface area (Å²) in [5, 5.41) is 0. The molecule has 4 nitrogen and oxygen atoms in total. The van der Waals surface area contributed by atoms with E-state index < -0.39 is 0 Å². The first-order chi connectivity index (χ1) is 8.40. The Morgan fingerprint density at radius 2 is 1.56 bits per heavy atom. The molecule has 0 aliphatic heterocycles. The Bertz CT molecular complexity index is 417. The molecule has 1 aromatic rings. The van der Waals surface area contributed by atoms with Crippen LogP contribution >= 0.6 is 0 Å². The van der Waals surface area contributed by atoms with E-state index in [0.717, 1.165) is 0 Å². The number of Topliss-reactive ketones (excluding diaryl/α,β-unsaturated/α-hetero) is 2. The van der Waals surface area contributed by atoms with Gasteiger partial charge in [0, 0.05) is 11.1 Å². The smallest absolute Gasteiger partial charge is 0.189 e. The van der Waals surface area contributed by atoms with Gasteiger partial charge in [0.05, 0.1) is 6.10 Å². The third-order valence-electron chi connectivity index (χ3n) is 2.35. The first-order valence-electron chi connectivity index (χ1n) is 5.81. The van der Waals surface area contributed by atoms with E-state index in [1.807, 2.05) is 13.8 Å². The normalized spacial score (nSPS) is 10.5. The summed E-state index contributed by atoms with van der Waals surface area (Å²) in [5.41, 5.74) is 0.921. The highest BCUT2D eigenvalue weighted by Crippen LogP contribution is 2.18. The third-order valence-corrected chi connectivity index (χ3v) is 2.35. The Balaban J connectivity index is 2.89. The van der Waals surface area contributed by atoms with Gasteiger partial charge >= 0.3 is 0 Å². The second-order valence-electron chi connectivity index (χ2n) is 4.34. The van der Waals surface area contributed by atoms with Crippen LogP contribution in [0.15, 0.2) is 18.2 Å². The van der Waals surface area contributed by atoms with E-state index in [1.165, 1.54) is 13.8 Å². The molecule has 0 heterocycles. The highest BCUT2D eigenvalue weighted by molar-refractivity contribution is 6.00. The summed E-state index contributed by atoms with van der Waals surface area (Å²) >= 11 is 0. The molecule has 1 aromatic carbocycles. The van der Waals surface area contributed by atoms with Gasteiger partial charge in [-0.05, 0) is 45.9 Å². The predicted octanol–water partition coefficient (Wildman–Crippen LogP) is 2.85. The Labute approximate surface area is 107 Å². The van der Waals surface area contributed by atoms with Crippen molar-refractivity contribution >= 4 is 11.6 Å². The fourth-order valence-corrected chi connectivity index (χ4v) is 1.33. The van der Waals surface area contributed by atoms with Crippen LogP contribution in [0.3, 0.4) is 0 Å². The number of hydrogen-bond donors (Lipinski definition) is 0. The van der Waals surface area contributed by atoms with Crippen LogP contribution in [0.25, 0.3) is 0 Å². The lowest BCUT2D eigenvalue weighted by molar-refractivity contribution is -0.0200. The average Bonchev–Trinajstić information content (AvgIpc) is 2.28. The summed E-state index contributed by atoms with van der Waals surface area (Å²) in [6.07, 6.45) is 0.0632. The van der Waals surface area contributed by atoms with Gasteiger partial charge in [0.15, 0.2) is 18.4 Å². The van der Waals surface area contributed by atoms with E-state index in [4.69, 9.17) is 9.47 Å². The quantitative estimate of drug-likeness (QED) is 0.575. The Morgan fingerprint density at radius 1 is 1.06 bits per heavy atom. The molecule has 0 bridgehead atoms. The molecule has 18 heavy (non-hydrogen) atoms. The van der Waals surface area contributed by atoms with Crippen LogP contribution in [-0.4, -0.2) is 24.5 Å². The van der Waals surface area contributed by atoms with Crippen molar-refractivity contribution in [1.82, 2.24) is 0 Å². The zero-order valence-electron chi connectivity index (χ0n) is 11.1. The summed E-state index contributed by atoms with van der Waals surface area (Å²) in [6, 6.07) is 4.79. The van der Waals surface area contributed by atoms with Crippen molar-refractivity contribution in [2.75, 3.05) is 6.79 Å². The summed E-state index contributed by atoms with van der Waals surface area (Å²) in [5.74, 6) is 0.258. The van der Waals surface area contributed by atoms with Crippen LogP contribution in [0, 0.1) is 0 Å². The Kier molecular flexibility index (Phi) is 5.04. The Hall–Kier alpha value is -1.68. The maximum atomic E-state index is 11.4. The largest absolute Gasteiger partial charge is 0.467 e. The summed E-state index contributed by atoms with van der Waals surface area (Å²) in [6.45, 7) is 6.80. The summed E-state index contributed by atoms with van der Waals surface area (Å²) in [7, 11) is 0. The van der Waals surface area contributed by atoms with E-state index in [-0.39, 0.29) is 24.5 Å². The molecule has 0 aromatic heterocycles. The van der Waals surface area contributed by atoms with Crippen molar-refractivity contribution in [3.8, 4) is 5.75 Å². The molecule has 0 radical (unpaired) electrons. The topological polar surface area (TPSA) is 52.6 Å². The molecule has 0 unspecified atom stereocenters. The minimum absolute atomic E-state index is 0.0632. The maximum Gasteiger partial charge on any atom is 0.189 e. The lowest BCUT2D eigenvalue weighted by Gasteiger charge is -2.11. The molecule has 4 heteroatoms. The lowest BCUT2D eigenvalue weighted by Crippen LogP contribution is -2.10. The van der Waals surface area contributed by atoms with Crippen molar-refractivity contribution in [1.29, 1.82) is 0 Å². The van der Waals surface area contributed by atoms with E-state index in [0.29, 0.717) is 16.9 Å². The van der Waals surface area contributed by atoms with Gasteiger partial charge in [-0.15, -0.1) is 0 Å². The Morgan fingerprint density at radius 3 is 1.94 bits per heavy atom. The van der Waals surface area contributed by atoms with E-state index in [1.54, 1.807) is 18.2 Å². The van der Waals surface area contributed by atoms with Crippen molar-refractivity contribution in [2.24, 2.45) is 0 Å². The molecule has 0 saturated heterocycles. The average molecular weight is 250 g/mol. The molecule has 0 spiro atoms. The van der Waals surface area contributed by atoms with Gasteiger partial charge in [0.1, 0.15) is 5.75 Å². The van der Waals surface area contributed by atoms with Crippen molar-refractivity contribution < 1.29 is 19.1 Å². The van der Waals surface area contributed by atoms with Gasteiger partial charge in [-0.3, -0.25) is 9.59 Å². The number of benzene rings is 1. The van der Waals surface area contributed by atoms with Gasteiger partial charge in [-0.25, -0.2) is 0 Å². The number of carbonyl (C=O) groups excluding carboxylic acids is 2. The molecular weight excluding hydrogens is 232 g/mol. The van der Waals surface area contributed by atoms with Crippen molar-refractivity contribution in [3.63, 3.8) is 0 Å². The zero-order chi connectivity index (χ0) is 13.7. The van der Waals surface area contributed by atoms with Gasteiger partial charge in [0.25, 0.3) is 0 Å². The summed E-state index contributed by atoms with van der Waals surface area (Å²) < 4.78 is 10.6. The van der Waals surface area contributed by atoms with Crippen LogP contribution in [0.2, 0.25) is 0 Å². The number of hydrogen-bond acceptors (Lipinski definition) is 4. The number of ether oxygens (including phenoxy) is 2. The van der Waals surface area contributed by atoms with E-state index in [2.05, 4.69) is 0 Å². The molecule has 1 rings (SSSR count). The number of carbonyl (C=O) groups is 2. The summed E-state index contributed by atoms with van der Waals surface area (Å²) in [4.78, 5) is 22.7.